The Morgan fingerprint density at radius 3 is 2.42 bits per heavy atom. The van der Waals surface area contributed by atoms with Crippen molar-refractivity contribution in [3.63, 3.8) is 0 Å². The second-order valence-corrected chi connectivity index (χ2v) is 11.2. The molecule has 0 aromatic heterocycles. The number of nitrogens with zero attached hydrogens (tertiary/aromatic N) is 2. The summed E-state index contributed by atoms with van der Waals surface area (Å²) in [5.74, 6) is 1.39. The fourth-order valence-corrected chi connectivity index (χ4v) is 5.69. The number of likely N-dealkylation sites (tertiary alicyclic amines) is 1. The summed E-state index contributed by atoms with van der Waals surface area (Å²) in [6.07, 6.45) is 1.36. The molecule has 2 saturated heterocycles. The monoisotopic (exact) mass is 589 g/mol. The van der Waals surface area contributed by atoms with Crippen molar-refractivity contribution in [3.05, 3.63) is 95.1 Å². The zero-order valence-corrected chi connectivity index (χ0v) is 26.1. The van der Waals surface area contributed by atoms with Crippen LogP contribution in [0.25, 0.3) is 0 Å². The van der Waals surface area contributed by atoms with Gasteiger partial charge in [-0.25, -0.2) is 0 Å². The minimum Gasteiger partial charge on any atom is -0.496 e. The van der Waals surface area contributed by atoms with E-state index in [9.17, 15) is 9.59 Å². The molecule has 232 valence electrons. The van der Waals surface area contributed by atoms with Crippen molar-refractivity contribution in [1.29, 1.82) is 0 Å². The molecule has 3 aliphatic rings. The number of benzene rings is 3. The van der Waals surface area contributed by atoms with E-state index in [0.717, 1.165) is 37.4 Å². The van der Waals surface area contributed by atoms with Gasteiger partial charge in [-0.05, 0) is 56.5 Å². The highest BCUT2D eigenvalue weighted by atomic mass is 16.5. The van der Waals surface area contributed by atoms with Crippen LogP contribution in [-0.4, -0.2) is 66.8 Å². The third-order valence-corrected chi connectivity index (χ3v) is 7.72. The summed E-state index contributed by atoms with van der Waals surface area (Å²) >= 11 is 0. The molecular formula is C35H47N3O5. The molecule has 1 N–H and O–H groups in total. The van der Waals surface area contributed by atoms with Crippen LogP contribution < -0.4 is 14.8 Å². The number of amides is 2. The largest absolute Gasteiger partial charge is 0.496 e. The number of fused-ring (bicyclic) bond motifs is 1. The number of para-hydroxylation sites is 1. The predicted octanol–water partition coefficient (Wildman–Crippen LogP) is 5.82. The Hall–Kier alpha value is -3.88. The zero-order valence-electron chi connectivity index (χ0n) is 26.1. The van der Waals surface area contributed by atoms with E-state index in [4.69, 9.17) is 14.2 Å². The number of methoxy groups -OCH3 is 1. The van der Waals surface area contributed by atoms with Gasteiger partial charge in [0.2, 0.25) is 5.91 Å². The molecule has 8 heteroatoms. The lowest BCUT2D eigenvalue weighted by atomic mass is 9.95. The van der Waals surface area contributed by atoms with Crippen molar-refractivity contribution in [3.8, 4) is 11.5 Å². The van der Waals surface area contributed by atoms with Gasteiger partial charge in [0.05, 0.1) is 13.7 Å². The summed E-state index contributed by atoms with van der Waals surface area (Å²) in [7, 11) is 1.59. The first-order chi connectivity index (χ1) is 20.8. The fraction of sp³-hybridized carbons (Fsp3) is 0.429. The van der Waals surface area contributed by atoms with Crippen LogP contribution in [0.4, 0.5) is 0 Å². The number of hydrogen-bond donors (Lipinski definition) is 1. The first-order valence-electron chi connectivity index (χ1n) is 15.2. The van der Waals surface area contributed by atoms with Gasteiger partial charge >= 0.3 is 0 Å². The van der Waals surface area contributed by atoms with Crippen LogP contribution in [0.5, 0.6) is 11.5 Å². The molecule has 43 heavy (non-hydrogen) atoms. The van der Waals surface area contributed by atoms with Crippen LogP contribution in [0.3, 0.4) is 0 Å². The highest BCUT2D eigenvalue weighted by Gasteiger charge is 2.41. The van der Waals surface area contributed by atoms with Crippen LogP contribution in [0.1, 0.15) is 62.1 Å². The minimum absolute atomic E-state index is 0. The van der Waals surface area contributed by atoms with Crippen molar-refractivity contribution < 1.29 is 25.2 Å². The standard InChI is InChI=1S/C18H21NO.C15H18N2O4.C2H6.H2/c1-15-8-10-16(11-9-15)12-19-13-18(2,14-19)20-17-6-4-3-5-7-17;1-20-13-6-2-4-10-11(13)8-17(15(10)19)12-5-3-7-21-9-16-14(12)18;1-2;/h3-11H,12-14H2,1-2H3;2,4,6,12H,3,5,7-9H2,1H3,(H,16,18);1-2H3;1H. The quantitative estimate of drug-likeness (QED) is 0.390. The van der Waals surface area contributed by atoms with E-state index in [-0.39, 0.29) is 25.6 Å². The number of rotatable bonds is 6. The molecule has 3 heterocycles. The molecule has 0 spiro atoms. The normalized spacial score (nSPS) is 19.2. The van der Waals surface area contributed by atoms with Crippen LogP contribution in [0, 0.1) is 6.92 Å². The van der Waals surface area contributed by atoms with Gasteiger partial charge in [-0.15, -0.1) is 0 Å². The topological polar surface area (TPSA) is 80.3 Å². The van der Waals surface area contributed by atoms with Crippen LogP contribution in [0.2, 0.25) is 0 Å². The van der Waals surface area contributed by atoms with Crippen molar-refractivity contribution in [2.75, 3.05) is 33.5 Å². The Labute approximate surface area is 257 Å². The van der Waals surface area contributed by atoms with E-state index in [1.54, 1.807) is 24.1 Å². The summed E-state index contributed by atoms with van der Waals surface area (Å²) in [6.45, 7) is 12.5. The van der Waals surface area contributed by atoms with Gasteiger partial charge in [-0.2, -0.15) is 0 Å². The van der Waals surface area contributed by atoms with Gasteiger partial charge in [0.25, 0.3) is 5.91 Å². The molecule has 2 fully saturated rings. The second kappa shape index (κ2) is 15.0. The fourth-order valence-electron chi connectivity index (χ4n) is 5.69. The Morgan fingerprint density at radius 2 is 1.72 bits per heavy atom. The van der Waals surface area contributed by atoms with Gasteiger partial charge in [-0.1, -0.05) is 67.9 Å². The molecule has 0 radical (unpaired) electrons. The Kier molecular flexibility index (Phi) is 11.2. The molecule has 1 atom stereocenters. The van der Waals surface area contributed by atoms with Gasteiger partial charge in [0.1, 0.15) is 29.9 Å². The van der Waals surface area contributed by atoms with E-state index >= 15 is 0 Å². The maximum Gasteiger partial charge on any atom is 0.255 e. The second-order valence-electron chi connectivity index (χ2n) is 11.2. The lowest BCUT2D eigenvalue weighted by molar-refractivity contribution is -0.129. The van der Waals surface area contributed by atoms with Crippen molar-refractivity contribution >= 4 is 11.8 Å². The highest BCUT2D eigenvalue weighted by Crippen LogP contribution is 2.33. The van der Waals surface area contributed by atoms with Gasteiger partial charge in [-0.3, -0.25) is 14.5 Å². The summed E-state index contributed by atoms with van der Waals surface area (Å²) in [5.41, 5.74) is 4.12. The van der Waals surface area contributed by atoms with E-state index in [1.807, 2.05) is 50.2 Å². The molecule has 3 aliphatic heterocycles. The Bertz CT molecular complexity index is 1350. The number of carbonyl (C=O) groups excluding carboxylic acids is 2. The van der Waals surface area contributed by atoms with Gasteiger partial charge in [0.15, 0.2) is 0 Å². The van der Waals surface area contributed by atoms with Crippen molar-refractivity contribution in [2.45, 2.75) is 65.3 Å². The number of ether oxygens (including phenoxy) is 3. The average Bonchev–Trinajstić information content (AvgIpc) is 3.33. The molecule has 1 unspecified atom stereocenters. The number of hydrogen-bond acceptors (Lipinski definition) is 6. The summed E-state index contributed by atoms with van der Waals surface area (Å²) in [5, 5.41) is 2.70. The van der Waals surface area contributed by atoms with E-state index in [1.165, 1.54) is 11.1 Å². The smallest absolute Gasteiger partial charge is 0.255 e. The molecule has 0 bridgehead atoms. The predicted molar refractivity (Wildman–Crippen MR) is 170 cm³/mol. The minimum atomic E-state index is -0.446. The molecule has 0 saturated carbocycles. The lowest BCUT2D eigenvalue weighted by Gasteiger charge is -2.47. The maximum absolute atomic E-state index is 12.6. The molecule has 8 nitrogen and oxygen atoms in total. The number of carbonyl (C=O) groups is 2. The third-order valence-electron chi connectivity index (χ3n) is 7.72. The summed E-state index contributed by atoms with van der Waals surface area (Å²) in [4.78, 5) is 28.8. The molecule has 0 aliphatic carbocycles. The summed E-state index contributed by atoms with van der Waals surface area (Å²) in [6, 6.07) is 23.8. The third kappa shape index (κ3) is 8.15. The van der Waals surface area contributed by atoms with Crippen LogP contribution in [0.15, 0.2) is 72.8 Å². The number of nitrogens with one attached hydrogen (secondary N) is 1. The summed E-state index contributed by atoms with van der Waals surface area (Å²) < 4.78 is 16.6. The average molecular weight is 590 g/mol. The molecular weight excluding hydrogens is 542 g/mol. The van der Waals surface area contributed by atoms with Gasteiger partial charge in [0, 0.05) is 38.8 Å². The molecule has 2 amide bonds. The van der Waals surface area contributed by atoms with E-state index < -0.39 is 6.04 Å². The van der Waals surface area contributed by atoms with E-state index in [0.29, 0.717) is 30.9 Å². The zero-order chi connectivity index (χ0) is 30.8. The van der Waals surface area contributed by atoms with E-state index in [2.05, 4.69) is 48.3 Å². The lowest BCUT2D eigenvalue weighted by Crippen LogP contribution is -2.62. The van der Waals surface area contributed by atoms with Crippen molar-refractivity contribution in [2.24, 2.45) is 0 Å². The van der Waals surface area contributed by atoms with Gasteiger partial charge < -0.3 is 24.4 Å². The molecule has 3 aromatic rings. The number of aryl methyl sites for hydroxylation is 1. The van der Waals surface area contributed by atoms with Crippen LogP contribution in [-0.2, 0) is 22.6 Å². The first-order valence-corrected chi connectivity index (χ1v) is 15.2. The molecule has 6 rings (SSSR count). The molecule has 3 aromatic carbocycles. The Balaban J connectivity index is 0.000000223. The first kappa shape index (κ1) is 32.0. The van der Waals surface area contributed by atoms with Crippen LogP contribution >= 0.6 is 0 Å². The van der Waals surface area contributed by atoms with Crippen molar-refractivity contribution in [1.82, 2.24) is 15.1 Å². The Morgan fingerprint density at radius 1 is 1.00 bits per heavy atom. The SMILES string of the molecule is CC.COc1cccc2c1CN(C1CCCOCNC1=O)C2=O.Cc1ccc(CN2CC(C)(Oc3ccccc3)C2)cc1.[HH]. The maximum atomic E-state index is 12.6. The highest BCUT2D eigenvalue weighted by molar-refractivity contribution is 6.01.